The van der Waals surface area contributed by atoms with E-state index in [2.05, 4.69) is 39.4 Å². The van der Waals surface area contributed by atoms with Crippen LogP contribution in [0.5, 0.6) is 11.5 Å². The van der Waals surface area contributed by atoms with Gasteiger partial charge in [0.05, 0.1) is 19.8 Å². The van der Waals surface area contributed by atoms with E-state index in [-0.39, 0.29) is 5.91 Å². The van der Waals surface area contributed by atoms with Gasteiger partial charge in [0.2, 0.25) is 0 Å². The summed E-state index contributed by atoms with van der Waals surface area (Å²) in [5, 5.41) is 2.99. The molecule has 0 unspecified atom stereocenters. The Morgan fingerprint density at radius 1 is 1.00 bits per heavy atom. The summed E-state index contributed by atoms with van der Waals surface area (Å²) < 4.78 is 10.5. The zero-order valence-corrected chi connectivity index (χ0v) is 16.0. The van der Waals surface area contributed by atoms with Crippen molar-refractivity contribution in [1.82, 2.24) is 10.2 Å². The SMILES string of the molecule is COc1ccc(OC)c(C(=O)NCCN2CCN(c3ccccc3)CC2)c1. The Kier molecular flexibility index (Phi) is 6.54. The fourth-order valence-electron chi connectivity index (χ4n) is 3.28. The zero-order valence-electron chi connectivity index (χ0n) is 16.0. The summed E-state index contributed by atoms with van der Waals surface area (Å²) in [7, 11) is 3.14. The summed E-state index contributed by atoms with van der Waals surface area (Å²) >= 11 is 0. The van der Waals surface area contributed by atoms with Gasteiger partial charge >= 0.3 is 0 Å². The van der Waals surface area contributed by atoms with Gasteiger partial charge in [0, 0.05) is 45.0 Å². The second kappa shape index (κ2) is 9.28. The molecule has 1 aliphatic rings. The van der Waals surface area contributed by atoms with E-state index in [4.69, 9.17) is 9.47 Å². The van der Waals surface area contributed by atoms with Gasteiger partial charge in [0.25, 0.3) is 5.91 Å². The quantitative estimate of drug-likeness (QED) is 0.811. The molecule has 1 N–H and O–H groups in total. The van der Waals surface area contributed by atoms with Gasteiger partial charge in [-0.25, -0.2) is 0 Å². The Balaban J connectivity index is 1.46. The third-order valence-corrected chi connectivity index (χ3v) is 4.86. The normalized spacial score (nSPS) is 14.7. The monoisotopic (exact) mass is 369 g/mol. The molecule has 3 rings (SSSR count). The molecule has 27 heavy (non-hydrogen) atoms. The third-order valence-electron chi connectivity index (χ3n) is 4.86. The van der Waals surface area contributed by atoms with Gasteiger partial charge in [-0.2, -0.15) is 0 Å². The Bertz CT molecular complexity index is 744. The molecule has 0 aromatic heterocycles. The molecule has 1 aliphatic heterocycles. The number of methoxy groups -OCH3 is 2. The molecule has 0 bridgehead atoms. The minimum absolute atomic E-state index is 0.145. The van der Waals surface area contributed by atoms with Crippen LogP contribution in [0, 0.1) is 0 Å². The maximum Gasteiger partial charge on any atom is 0.255 e. The first-order valence-corrected chi connectivity index (χ1v) is 9.24. The zero-order chi connectivity index (χ0) is 19.1. The lowest BCUT2D eigenvalue weighted by molar-refractivity contribution is 0.0944. The summed E-state index contributed by atoms with van der Waals surface area (Å²) in [6.45, 7) is 5.43. The summed E-state index contributed by atoms with van der Waals surface area (Å²) in [5.74, 6) is 1.04. The fraction of sp³-hybridized carbons (Fsp3) is 0.381. The van der Waals surface area contributed by atoms with E-state index in [1.54, 1.807) is 32.4 Å². The lowest BCUT2D eigenvalue weighted by atomic mass is 10.1. The predicted octanol–water partition coefficient (Wildman–Crippen LogP) is 2.26. The van der Waals surface area contributed by atoms with E-state index < -0.39 is 0 Å². The summed E-state index contributed by atoms with van der Waals surface area (Å²) in [4.78, 5) is 17.3. The fourth-order valence-corrected chi connectivity index (χ4v) is 3.28. The molecule has 1 fully saturated rings. The van der Waals surface area contributed by atoms with Crippen molar-refractivity contribution in [1.29, 1.82) is 0 Å². The molecule has 2 aromatic carbocycles. The number of rotatable bonds is 7. The number of anilines is 1. The van der Waals surface area contributed by atoms with Crippen molar-refractivity contribution in [3.8, 4) is 11.5 Å². The van der Waals surface area contributed by atoms with Crippen LogP contribution in [0.25, 0.3) is 0 Å². The smallest absolute Gasteiger partial charge is 0.255 e. The maximum absolute atomic E-state index is 12.5. The number of benzene rings is 2. The van der Waals surface area contributed by atoms with E-state index in [0.717, 1.165) is 32.7 Å². The van der Waals surface area contributed by atoms with Gasteiger partial charge in [0.15, 0.2) is 0 Å². The molecular formula is C21H27N3O3. The number of para-hydroxylation sites is 1. The molecule has 0 radical (unpaired) electrons. The summed E-state index contributed by atoms with van der Waals surface area (Å²) in [5.41, 5.74) is 1.77. The molecule has 144 valence electrons. The van der Waals surface area contributed by atoms with Gasteiger partial charge in [-0.05, 0) is 30.3 Å². The molecule has 1 amide bonds. The highest BCUT2D eigenvalue weighted by Crippen LogP contribution is 2.23. The number of nitrogens with one attached hydrogen (secondary N) is 1. The third kappa shape index (κ3) is 4.92. The van der Waals surface area contributed by atoms with E-state index in [0.29, 0.717) is 23.6 Å². The van der Waals surface area contributed by atoms with Crippen molar-refractivity contribution in [2.45, 2.75) is 0 Å². The Labute approximate surface area is 160 Å². The Morgan fingerprint density at radius 3 is 2.41 bits per heavy atom. The van der Waals surface area contributed by atoms with Crippen LogP contribution in [0.1, 0.15) is 10.4 Å². The van der Waals surface area contributed by atoms with Gasteiger partial charge in [-0.15, -0.1) is 0 Å². The van der Waals surface area contributed by atoms with Crippen molar-refractivity contribution in [3.63, 3.8) is 0 Å². The molecule has 0 spiro atoms. The van der Waals surface area contributed by atoms with E-state index in [9.17, 15) is 4.79 Å². The molecule has 1 saturated heterocycles. The summed E-state index contributed by atoms with van der Waals surface area (Å²) in [6, 6.07) is 15.7. The topological polar surface area (TPSA) is 54.0 Å². The first-order valence-electron chi connectivity index (χ1n) is 9.24. The number of hydrogen-bond acceptors (Lipinski definition) is 5. The predicted molar refractivity (Wildman–Crippen MR) is 107 cm³/mol. The first-order chi connectivity index (χ1) is 13.2. The highest BCUT2D eigenvalue weighted by molar-refractivity contribution is 5.97. The first kappa shape index (κ1) is 19.0. The number of hydrogen-bond donors (Lipinski definition) is 1. The van der Waals surface area contributed by atoms with Gasteiger partial charge in [-0.1, -0.05) is 18.2 Å². The minimum Gasteiger partial charge on any atom is -0.497 e. The minimum atomic E-state index is -0.145. The molecule has 0 aliphatic carbocycles. The van der Waals surface area contributed by atoms with Gasteiger partial charge in [-0.3, -0.25) is 9.69 Å². The van der Waals surface area contributed by atoms with Crippen molar-refractivity contribution in [3.05, 3.63) is 54.1 Å². The van der Waals surface area contributed by atoms with Crippen LogP contribution in [0.15, 0.2) is 48.5 Å². The number of piperazine rings is 1. The molecule has 2 aromatic rings. The number of carbonyl (C=O) groups excluding carboxylic acids is 1. The molecule has 6 nitrogen and oxygen atoms in total. The van der Waals surface area contributed by atoms with Crippen molar-refractivity contribution < 1.29 is 14.3 Å². The number of carbonyl (C=O) groups is 1. The highest BCUT2D eigenvalue weighted by Gasteiger charge is 2.18. The van der Waals surface area contributed by atoms with E-state index >= 15 is 0 Å². The van der Waals surface area contributed by atoms with Gasteiger partial charge in [0.1, 0.15) is 11.5 Å². The van der Waals surface area contributed by atoms with Crippen LogP contribution in [0.4, 0.5) is 5.69 Å². The van der Waals surface area contributed by atoms with Crippen LogP contribution < -0.4 is 19.7 Å². The van der Waals surface area contributed by atoms with Crippen LogP contribution >= 0.6 is 0 Å². The second-order valence-corrected chi connectivity index (χ2v) is 6.49. The Hall–Kier alpha value is -2.73. The van der Waals surface area contributed by atoms with Gasteiger partial charge < -0.3 is 19.7 Å². The van der Waals surface area contributed by atoms with Crippen molar-refractivity contribution >= 4 is 11.6 Å². The van der Waals surface area contributed by atoms with Crippen LogP contribution in [-0.2, 0) is 0 Å². The van der Waals surface area contributed by atoms with E-state index in [1.807, 2.05) is 6.07 Å². The maximum atomic E-state index is 12.5. The second-order valence-electron chi connectivity index (χ2n) is 6.49. The standard InChI is InChI=1S/C21H27N3O3/c1-26-18-8-9-20(27-2)19(16-18)21(25)22-10-11-23-12-14-24(15-13-23)17-6-4-3-5-7-17/h3-9,16H,10-15H2,1-2H3,(H,22,25). The largest absolute Gasteiger partial charge is 0.497 e. The number of ether oxygens (including phenoxy) is 2. The summed E-state index contributed by atoms with van der Waals surface area (Å²) in [6.07, 6.45) is 0. The van der Waals surface area contributed by atoms with Crippen molar-refractivity contribution in [2.75, 3.05) is 58.4 Å². The highest BCUT2D eigenvalue weighted by atomic mass is 16.5. The van der Waals surface area contributed by atoms with E-state index in [1.165, 1.54) is 5.69 Å². The average molecular weight is 369 g/mol. The average Bonchev–Trinajstić information content (AvgIpc) is 2.74. The molecule has 1 heterocycles. The lowest BCUT2D eigenvalue weighted by Crippen LogP contribution is -2.48. The van der Waals surface area contributed by atoms with Crippen LogP contribution in [0.2, 0.25) is 0 Å². The number of amides is 1. The molecule has 6 heteroatoms. The molecule has 0 saturated carbocycles. The molecular weight excluding hydrogens is 342 g/mol. The lowest BCUT2D eigenvalue weighted by Gasteiger charge is -2.36. The van der Waals surface area contributed by atoms with Crippen molar-refractivity contribution in [2.24, 2.45) is 0 Å². The molecule has 0 atom stereocenters. The Morgan fingerprint density at radius 2 is 1.74 bits per heavy atom. The van der Waals surface area contributed by atoms with Crippen LogP contribution in [-0.4, -0.2) is 64.3 Å². The number of nitrogens with zero attached hydrogens (tertiary/aromatic N) is 2. The van der Waals surface area contributed by atoms with Crippen LogP contribution in [0.3, 0.4) is 0 Å².